The Hall–Kier alpha value is -5.92. The monoisotopic (exact) mass is 692 g/mol. The Bertz CT molecular complexity index is 2270. The highest BCUT2D eigenvalue weighted by molar-refractivity contribution is 7.42. The molecule has 252 valence electrons. The van der Waals surface area contributed by atoms with Gasteiger partial charge in [-0.25, -0.2) is 14.2 Å². The van der Waals surface area contributed by atoms with Crippen molar-refractivity contribution in [2.45, 2.75) is 0 Å². The van der Waals surface area contributed by atoms with Crippen molar-refractivity contribution in [3.63, 3.8) is 0 Å². The molecular formula is C42H34FN4O3P. The first-order valence-electron chi connectivity index (χ1n) is 16.2. The lowest BCUT2D eigenvalue weighted by Gasteiger charge is -2.15. The van der Waals surface area contributed by atoms with Gasteiger partial charge in [0.2, 0.25) is 22.4 Å². The second kappa shape index (κ2) is 15.7. The molecule has 6 aromatic carbocycles. The van der Waals surface area contributed by atoms with Crippen LogP contribution in [0.5, 0.6) is 0 Å². The summed E-state index contributed by atoms with van der Waals surface area (Å²) >= 11 is 0. The summed E-state index contributed by atoms with van der Waals surface area (Å²) in [6, 6.07) is 58.2. The van der Waals surface area contributed by atoms with Gasteiger partial charge in [-0.05, 0) is 36.4 Å². The average Bonchev–Trinajstić information content (AvgIpc) is 3.16. The molecule has 9 heteroatoms. The third-order valence-corrected chi connectivity index (χ3v) is 8.26. The van der Waals surface area contributed by atoms with Crippen molar-refractivity contribution in [1.29, 1.82) is 0 Å². The third-order valence-electron chi connectivity index (χ3n) is 8.26. The standard InChI is InChI=1S/2C21H17N2.FH2O3P/c2*1-23-19-15-9-8-14-18(19)22-20(16-10-4-2-5-11-16)21(23)17-12-6-3-7-13-17;1-5(2,3)4/h2*2-15H,1H3;(H2,2,3,4)/q2*+1;/p-2. The predicted octanol–water partition coefficient (Wildman–Crippen LogP) is 7.57. The maximum Gasteiger partial charge on any atom is 0.239 e. The summed E-state index contributed by atoms with van der Waals surface area (Å²) in [6.07, 6.45) is 0. The van der Waals surface area contributed by atoms with Crippen molar-refractivity contribution in [1.82, 2.24) is 9.97 Å². The summed E-state index contributed by atoms with van der Waals surface area (Å²) in [5, 5.41) is 0. The number of benzene rings is 6. The van der Waals surface area contributed by atoms with Crippen LogP contribution in [0.4, 0.5) is 4.20 Å². The molecule has 0 unspecified atom stereocenters. The van der Waals surface area contributed by atoms with E-state index < -0.39 is 7.91 Å². The molecule has 0 aliphatic heterocycles. The molecule has 0 spiro atoms. The topological polar surface area (TPSA) is 96.7 Å². The lowest BCUT2D eigenvalue weighted by atomic mass is 10.0. The van der Waals surface area contributed by atoms with Crippen molar-refractivity contribution in [2.24, 2.45) is 14.1 Å². The minimum Gasteiger partial charge on any atom is -0.786 e. The molecule has 2 heterocycles. The summed E-state index contributed by atoms with van der Waals surface area (Å²) < 4.78 is 23.0. The molecule has 0 saturated carbocycles. The van der Waals surface area contributed by atoms with Gasteiger partial charge in [0.1, 0.15) is 44.4 Å². The average molecular weight is 693 g/mol. The fraction of sp³-hybridized carbons (Fsp3) is 0.0476. The van der Waals surface area contributed by atoms with E-state index in [1.807, 2.05) is 36.4 Å². The summed E-state index contributed by atoms with van der Waals surface area (Å²) in [7, 11) is -1.42. The second-order valence-electron chi connectivity index (χ2n) is 11.6. The lowest BCUT2D eigenvalue weighted by Crippen LogP contribution is -2.33. The molecule has 8 rings (SSSR count). The van der Waals surface area contributed by atoms with Crippen LogP contribution in [0, 0.1) is 0 Å². The van der Waals surface area contributed by atoms with E-state index in [9.17, 15) is 4.20 Å². The number of nitrogens with zero attached hydrogens (tertiary/aromatic N) is 4. The van der Waals surface area contributed by atoms with E-state index in [-0.39, 0.29) is 0 Å². The van der Waals surface area contributed by atoms with E-state index in [2.05, 4.69) is 157 Å². The van der Waals surface area contributed by atoms with Gasteiger partial charge in [0.05, 0.1) is 0 Å². The van der Waals surface area contributed by atoms with Crippen LogP contribution in [0.2, 0.25) is 0 Å². The minimum atomic E-state index is -5.64. The van der Waals surface area contributed by atoms with Gasteiger partial charge in [0.15, 0.2) is 0 Å². The third kappa shape index (κ3) is 8.46. The largest absolute Gasteiger partial charge is 0.786 e. The van der Waals surface area contributed by atoms with Gasteiger partial charge >= 0.3 is 0 Å². The van der Waals surface area contributed by atoms with Gasteiger partial charge in [-0.15, -0.1) is 0 Å². The maximum atomic E-state index is 10.1. The van der Waals surface area contributed by atoms with E-state index in [4.69, 9.17) is 24.3 Å². The SMILES string of the molecule is C[n+]1c(-c2ccccc2)c(-c2ccccc2)nc2ccccc21.C[n+]1c(-c2ccccc2)c(-c2ccccc2)nc2ccccc21.O=P([O-])([O-])F. The van der Waals surface area contributed by atoms with Crippen LogP contribution in [0.15, 0.2) is 170 Å². The molecule has 0 aliphatic carbocycles. The van der Waals surface area contributed by atoms with Gasteiger partial charge in [0.25, 0.3) is 0 Å². The number of aromatic nitrogens is 4. The van der Waals surface area contributed by atoms with E-state index in [1.54, 1.807) is 0 Å². The Kier molecular flexibility index (Phi) is 10.8. The zero-order valence-corrected chi connectivity index (χ0v) is 28.9. The van der Waals surface area contributed by atoms with E-state index in [0.29, 0.717) is 0 Å². The molecular weight excluding hydrogens is 658 g/mol. The van der Waals surface area contributed by atoms with Crippen LogP contribution < -0.4 is 18.9 Å². The number of para-hydroxylation sites is 4. The van der Waals surface area contributed by atoms with Crippen LogP contribution in [0.3, 0.4) is 0 Å². The Morgan fingerprint density at radius 2 is 0.706 bits per heavy atom. The van der Waals surface area contributed by atoms with Crippen LogP contribution >= 0.6 is 7.91 Å². The quantitative estimate of drug-likeness (QED) is 0.140. The number of hydrogen-bond acceptors (Lipinski definition) is 5. The summed E-state index contributed by atoms with van der Waals surface area (Å²) in [6.45, 7) is 0. The van der Waals surface area contributed by atoms with Gasteiger partial charge in [-0.1, -0.05) is 121 Å². The molecule has 0 aliphatic rings. The molecule has 8 aromatic rings. The van der Waals surface area contributed by atoms with Gasteiger partial charge in [-0.2, -0.15) is 9.13 Å². The number of fused-ring (bicyclic) bond motifs is 2. The molecule has 2 aromatic heterocycles. The highest BCUT2D eigenvalue weighted by Gasteiger charge is 2.23. The highest BCUT2D eigenvalue weighted by Crippen LogP contribution is 2.31. The molecule has 0 N–H and O–H groups in total. The first-order valence-corrected chi connectivity index (χ1v) is 17.6. The van der Waals surface area contributed by atoms with Crippen molar-refractivity contribution in [2.75, 3.05) is 0 Å². The van der Waals surface area contributed by atoms with E-state index in [0.717, 1.165) is 56.0 Å². The fourth-order valence-corrected chi connectivity index (χ4v) is 6.04. The van der Waals surface area contributed by atoms with Gasteiger partial charge in [0, 0.05) is 34.4 Å². The van der Waals surface area contributed by atoms with E-state index in [1.165, 1.54) is 11.1 Å². The van der Waals surface area contributed by atoms with Crippen LogP contribution in [-0.4, -0.2) is 9.97 Å². The molecule has 7 nitrogen and oxygen atoms in total. The van der Waals surface area contributed by atoms with Crippen LogP contribution in [0.1, 0.15) is 0 Å². The predicted molar refractivity (Wildman–Crippen MR) is 196 cm³/mol. The Morgan fingerprint density at radius 3 is 1.02 bits per heavy atom. The summed E-state index contributed by atoms with van der Waals surface area (Å²) in [5.41, 5.74) is 13.2. The normalized spacial score (nSPS) is 10.9. The van der Waals surface area contributed by atoms with Gasteiger partial charge < -0.3 is 14.4 Å². The number of hydrogen-bond donors (Lipinski definition) is 0. The number of halogens is 1. The van der Waals surface area contributed by atoms with Gasteiger partial charge in [-0.3, -0.25) is 0 Å². The number of rotatable bonds is 4. The van der Waals surface area contributed by atoms with Crippen molar-refractivity contribution < 1.29 is 27.7 Å². The molecule has 0 amide bonds. The molecule has 0 atom stereocenters. The summed E-state index contributed by atoms with van der Waals surface area (Å²) in [5.74, 6) is 0. The fourth-order valence-electron chi connectivity index (χ4n) is 6.04. The van der Waals surface area contributed by atoms with Crippen LogP contribution in [-0.2, 0) is 18.7 Å². The molecule has 0 fully saturated rings. The van der Waals surface area contributed by atoms with Crippen LogP contribution in [0.25, 0.3) is 67.1 Å². The van der Waals surface area contributed by atoms with Crippen molar-refractivity contribution in [3.05, 3.63) is 170 Å². The first-order chi connectivity index (χ1) is 24.7. The lowest BCUT2D eigenvalue weighted by molar-refractivity contribution is -0.633. The number of aryl methyl sites for hydroxylation is 2. The zero-order valence-electron chi connectivity index (χ0n) is 28.0. The Morgan fingerprint density at radius 1 is 0.451 bits per heavy atom. The Labute approximate surface area is 295 Å². The van der Waals surface area contributed by atoms with Crippen molar-refractivity contribution in [3.8, 4) is 45.0 Å². The van der Waals surface area contributed by atoms with Crippen molar-refractivity contribution >= 4 is 30.0 Å². The summed E-state index contributed by atoms with van der Waals surface area (Å²) in [4.78, 5) is 26.8. The molecule has 0 radical (unpaired) electrons. The smallest absolute Gasteiger partial charge is 0.239 e. The molecule has 0 bridgehead atoms. The van der Waals surface area contributed by atoms with E-state index >= 15 is 0 Å². The minimum absolute atomic E-state index is 1.01. The second-order valence-corrected chi connectivity index (χ2v) is 12.5. The maximum absolute atomic E-state index is 10.1. The first kappa shape index (κ1) is 34.9. The Balaban J connectivity index is 0.000000156. The highest BCUT2D eigenvalue weighted by atomic mass is 31.2. The molecule has 51 heavy (non-hydrogen) atoms. The molecule has 0 saturated heterocycles. The zero-order chi connectivity index (χ0) is 35.8.